The number of hydrogen-bond acceptors (Lipinski definition) is 2. The molecule has 0 aliphatic heterocycles. The van der Waals surface area contributed by atoms with Gasteiger partial charge >= 0.3 is 0 Å². The lowest BCUT2D eigenvalue weighted by Crippen LogP contribution is -2.29. The Hall–Kier alpha value is -1.32. The molecule has 0 unspecified atom stereocenters. The maximum Gasteiger partial charge on any atom is 0.133 e. The van der Waals surface area contributed by atoms with Crippen LogP contribution >= 0.6 is 15.9 Å². The van der Waals surface area contributed by atoms with Crippen LogP contribution < -0.4 is 4.74 Å². The summed E-state index contributed by atoms with van der Waals surface area (Å²) in [5, 5.41) is 0. The van der Waals surface area contributed by atoms with Crippen molar-refractivity contribution < 1.29 is 4.74 Å². The summed E-state index contributed by atoms with van der Waals surface area (Å²) < 4.78 is 6.29. The summed E-state index contributed by atoms with van der Waals surface area (Å²) in [6.07, 6.45) is 0. The Kier molecular flexibility index (Phi) is 5.83. The molecule has 2 aromatic rings. The predicted octanol–water partition coefficient (Wildman–Crippen LogP) is 4.87. The minimum Gasteiger partial charge on any atom is -0.496 e. The molecule has 2 nitrogen and oxygen atoms in total. The first-order chi connectivity index (χ1) is 10.1. The number of hydrogen-bond donors (Lipinski definition) is 0. The van der Waals surface area contributed by atoms with E-state index >= 15 is 0 Å². The van der Waals surface area contributed by atoms with Gasteiger partial charge in [-0.1, -0.05) is 36.4 Å². The summed E-state index contributed by atoms with van der Waals surface area (Å²) in [7, 11) is 1.69. The van der Waals surface area contributed by atoms with Gasteiger partial charge in [0.1, 0.15) is 5.75 Å². The first kappa shape index (κ1) is 16.1. The molecule has 0 aliphatic carbocycles. The van der Waals surface area contributed by atoms with E-state index in [0.717, 1.165) is 23.3 Å². The average Bonchev–Trinajstić information content (AvgIpc) is 2.48. The first-order valence-corrected chi connectivity index (χ1v) is 8.00. The van der Waals surface area contributed by atoms with E-state index in [-0.39, 0.29) is 0 Å². The van der Waals surface area contributed by atoms with Crippen LogP contribution in [0.25, 0.3) is 0 Å². The zero-order valence-corrected chi connectivity index (χ0v) is 14.4. The summed E-state index contributed by atoms with van der Waals surface area (Å²) >= 11 is 3.56. The summed E-state index contributed by atoms with van der Waals surface area (Å²) in [6, 6.07) is 17.4. The van der Waals surface area contributed by atoms with E-state index in [1.807, 2.05) is 6.07 Å². The Bertz CT molecular complexity index is 569. The molecule has 0 aromatic heterocycles. The highest BCUT2D eigenvalue weighted by atomic mass is 79.9. The van der Waals surface area contributed by atoms with Gasteiger partial charge in [0.25, 0.3) is 0 Å². The molecule has 2 aromatic carbocycles. The molecule has 0 saturated heterocycles. The largest absolute Gasteiger partial charge is 0.496 e. The minimum atomic E-state index is 0.492. The topological polar surface area (TPSA) is 12.5 Å². The molecule has 0 bridgehead atoms. The monoisotopic (exact) mass is 347 g/mol. The van der Waals surface area contributed by atoms with Gasteiger partial charge in [-0.2, -0.15) is 0 Å². The third kappa shape index (κ3) is 4.58. The van der Waals surface area contributed by atoms with Crippen LogP contribution in [0.15, 0.2) is 53.0 Å². The molecule has 0 spiro atoms. The molecule has 0 amide bonds. The van der Waals surface area contributed by atoms with Crippen molar-refractivity contribution in [1.29, 1.82) is 0 Å². The van der Waals surface area contributed by atoms with Gasteiger partial charge in [-0.3, -0.25) is 4.90 Å². The Labute approximate surface area is 135 Å². The molecule has 0 saturated carbocycles. The van der Waals surface area contributed by atoms with Crippen LogP contribution in [0.3, 0.4) is 0 Å². The van der Waals surface area contributed by atoms with Crippen molar-refractivity contribution >= 4 is 15.9 Å². The quantitative estimate of drug-likeness (QED) is 0.739. The molecule has 112 valence electrons. The van der Waals surface area contributed by atoms with Crippen molar-refractivity contribution in [3.05, 3.63) is 64.1 Å². The lowest BCUT2D eigenvalue weighted by molar-refractivity contribution is 0.203. The number of halogens is 1. The van der Waals surface area contributed by atoms with Crippen LogP contribution in [-0.4, -0.2) is 18.1 Å². The Morgan fingerprint density at radius 2 is 1.67 bits per heavy atom. The van der Waals surface area contributed by atoms with E-state index in [0.29, 0.717) is 6.04 Å². The van der Waals surface area contributed by atoms with Crippen LogP contribution in [0, 0.1) is 0 Å². The lowest BCUT2D eigenvalue weighted by Gasteiger charge is -2.27. The zero-order chi connectivity index (χ0) is 15.2. The van der Waals surface area contributed by atoms with E-state index in [9.17, 15) is 0 Å². The summed E-state index contributed by atoms with van der Waals surface area (Å²) in [5.74, 6) is 0.873. The standard InChI is InChI=1S/C18H22BrNO/c1-14(2)20(12-15-7-5-4-6-8-15)13-16-9-10-18(21-3)17(19)11-16/h4-11,14H,12-13H2,1-3H3. The zero-order valence-electron chi connectivity index (χ0n) is 12.8. The van der Waals surface area contributed by atoms with Gasteiger partial charge in [0.2, 0.25) is 0 Å². The van der Waals surface area contributed by atoms with Crippen LogP contribution in [-0.2, 0) is 13.1 Å². The third-order valence-corrected chi connectivity index (χ3v) is 4.18. The Morgan fingerprint density at radius 3 is 2.24 bits per heavy atom. The van der Waals surface area contributed by atoms with Gasteiger partial charge in [-0.05, 0) is 53.0 Å². The molecule has 21 heavy (non-hydrogen) atoms. The molecule has 0 N–H and O–H groups in total. The molecule has 2 rings (SSSR count). The van der Waals surface area contributed by atoms with E-state index in [1.165, 1.54) is 11.1 Å². The van der Waals surface area contributed by atoms with Gasteiger partial charge in [-0.15, -0.1) is 0 Å². The molecular formula is C18H22BrNO. The summed E-state index contributed by atoms with van der Waals surface area (Å²) in [5.41, 5.74) is 2.63. The van der Waals surface area contributed by atoms with Gasteiger partial charge in [0.05, 0.1) is 11.6 Å². The van der Waals surface area contributed by atoms with Crippen LogP contribution in [0.4, 0.5) is 0 Å². The van der Waals surface area contributed by atoms with Gasteiger partial charge in [0, 0.05) is 19.1 Å². The lowest BCUT2D eigenvalue weighted by atomic mass is 10.1. The maximum absolute atomic E-state index is 5.29. The van der Waals surface area contributed by atoms with Crippen molar-refractivity contribution in [1.82, 2.24) is 4.90 Å². The van der Waals surface area contributed by atoms with E-state index in [2.05, 4.69) is 77.1 Å². The molecule has 0 heterocycles. The number of methoxy groups -OCH3 is 1. The van der Waals surface area contributed by atoms with E-state index in [4.69, 9.17) is 4.74 Å². The fourth-order valence-corrected chi connectivity index (χ4v) is 2.87. The molecular weight excluding hydrogens is 326 g/mol. The normalized spacial score (nSPS) is 11.1. The highest BCUT2D eigenvalue weighted by Crippen LogP contribution is 2.26. The molecule has 0 radical (unpaired) electrons. The first-order valence-electron chi connectivity index (χ1n) is 7.20. The van der Waals surface area contributed by atoms with Crippen molar-refractivity contribution in [3.8, 4) is 5.75 Å². The van der Waals surface area contributed by atoms with Crippen molar-refractivity contribution in [2.75, 3.05) is 7.11 Å². The average molecular weight is 348 g/mol. The van der Waals surface area contributed by atoms with Crippen molar-refractivity contribution in [2.45, 2.75) is 33.0 Å². The van der Waals surface area contributed by atoms with Crippen LogP contribution in [0.2, 0.25) is 0 Å². The Morgan fingerprint density at radius 1 is 1.00 bits per heavy atom. The summed E-state index contributed by atoms with van der Waals surface area (Å²) in [6.45, 7) is 6.36. The third-order valence-electron chi connectivity index (χ3n) is 3.56. The number of nitrogens with zero attached hydrogens (tertiary/aromatic N) is 1. The van der Waals surface area contributed by atoms with Crippen LogP contribution in [0.5, 0.6) is 5.75 Å². The summed E-state index contributed by atoms with van der Waals surface area (Å²) in [4.78, 5) is 2.46. The smallest absolute Gasteiger partial charge is 0.133 e. The van der Waals surface area contributed by atoms with E-state index in [1.54, 1.807) is 7.11 Å². The second-order valence-electron chi connectivity index (χ2n) is 5.45. The maximum atomic E-state index is 5.29. The minimum absolute atomic E-state index is 0.492. The van der Waals surface area contributed by atoms with Crippen LogP contribution in [0.1, 0.15) is 25.0 Å². The molecule has 3 heteroatoms. The second kappa shape index (κ2) is 7.62. The van der Waals surface area contributed by atoms with E-state index < -0.39 is 0 Å². The van der Waals surface area contributed by atoms with Gasteiger partial charge < -0.3 is 4.74 Å². The predicted molar refractivity (Wildman–Crippen MR) is 91.5 cm³/mol. The fraction of sp³-hybridized carbons (Fsp3) is 0.333. The molecule has 0 aliphatic rings. The highest BCUT2D eigenvalue weighted by Gasteiger charge is 2.12. The highest BCUT2D eigenvalue weighted by molar-refractivity contribution is 9.10. The van der Waals surface area contributed by atoms with Gasteiger partial charge in [-0.25, -0.2) is 0 Å². The number of ether oxygens (including phenoxy) is 1. The van der Waals surface area contributed by atoms with Crippen molar-refractivity contribution in [3.63, 3.8) is 0 Å². The second-order valence-corrected chi connectivity index (χ2v) is 6.31. The van der Waals surface area contributed by atoms with Crippen molar-refractivity contribution in [2.24, 2.45) is 0 Å². The fourth-order valence-electron chi connectivity index (χ4n) is 2.28. The Balaban J connectivity index is 2.11. The number of benzene rings is 2. The molecule has 0 atom stereocenters. The SMILES string of the molecule is COc1ccc(CN(Cc2ccccc2)C(C)C)cc1Br. The number of rotatable bonds is 6. The van der Waals surface area contributed by atoms with Gasteiger partial charge in [0.15, 0.2) is 0 Å². The molecule has 0 fully saturated rings.